The van der Waals surface area contributed by atoms with E-state index in [0.29, 0.717) is 30.6 Å². The molecule has 1 saturated carbocycles. The zero-order chi connectivity index (χ0) is 26.5. The number of carbonyl (C=O) groups excluding carboxylic acids is 2. The number of nitrogens with one attached hydrogen (secondary N) is 1. The Morgan fingerprint density at radius 2 is 1.79 bits per heavy atom. The Kier molecular flexibility index (Phi) is 7.72. The van der Waals surface area contributed by atoms with Gasteiger partial charge >= 0.3 is 5.69 Å². The van der Waals surface area contributed by atoms with Crippen LogP contribution in [-0.4, -0.2) is 42.0 Å². The lowest BCUT2D eigenvalue weighted by molar-refractivity contribution is 0.0853. The maximum Gasteiger partial charge on any atom is 0.336 e. The maximum absolute atomic E-state index is 13.5. The summed E-state index contributed by atoms with van der Waals surface area (Å²) in [6.45, 7) is 2.29. The van der Waals surface area contributed by atoms with Crippen LogP contribution in [0, 0.1) is 5.92 Å². The number of nitrogens with zero attached hydrogens (tertiary/aromatic N) is 5. The molecule has 1 aliphatic carbocycles. The van der Waals surface area contributed by atoms with Crippen molar-refractivity contribution in [3.8, 4) is 22.5 Å². The smallest absolute Gasteiger partial charge is 0.296 e. The zero-order valence-corrected chi connectivity index (χ0v) is 21.6. The number of aromatic amines is 1. The molecule has 2 heterocycles. The molecule has 38 heavy (non-hydrogen) atoms. The lowest BCUT2D eigenvalue weighted by Gasteiger charge is -2.20. The van der Waals surface area contributed by atoms with Crippen molar-refractivity contribution in [2.45, 2.75) is 64.8 Å². The third-order valence-electron chi connectivity index (χ3n) is 7.45. The normalized spacial score (nSPS) is 14.0. The summed E-state index contributed by atoms with van der Waals surface area (Å²) >= 11 is 0. The van der Waals surface area contributed by atoms with Gasteiger partial charge < -0.3 is 0 Å². The number of benzene rings is 2. The number of imidazole rings is 1. The molecular formula is C29H32N6O3. The van der Waals surface area contributed by atoms with Crippen molar-refractivity contribution in [3.05, 3.63) is 76.0 Å². The fourth-order valence-electron chi connectivity index (χ4n) is 5.55. The van der Waals surface area contributed by atoms with Crippen LogP contribution in [0.5, 0.6) is 0 Å². The molecule has 196 valence electrons. The van der Waals surface area contributed by atoms with E-state index in [9.17, 15) is 14.4 Å². The SMILES string of the molecule is CCCc1c(C=O)n(C(=O)CC2CCCCC2)c(=O)n1Cc1ccc(-c2ccccc2-c2nnn[nH]2)cc1. The lowest BCUT2D eigenvalue weighted by Crippen LogP contribution is -2.31. The highest BCUT2D eigenvalue weighted by Crippen LogP contribution is 2.30. The summed E-state index contributed by atoms with van der Waals surface area (Å²) < 4.78 is 2.72. The first-order chi connectivity index (χ1) is 18.6. The summed E-state index contributed by atoms with van der Waals surface area (Å²) in [6.07, 6.45) is 7.71. The molecule has 2 aromatic carbocycles. The van der Waals surface area contributed by atoms with Gasteiger partial charge in [0.25, 0.3) is 0 Å². The molecule has 0 saturated heterocycles. The third kappa shape index (κ3) is 5.14. The van der Waals surface area contributed by atoms with Crippen LogP contribution in [0.15, 0.2) is 53.3 Å². The third-order valence-corrected chi connectivity index (χ3v) is 7.45. The van der Waals surface area contributed by atoms with Gasteiger partial charge in [-0.2, -0.15) is 0 Å². The first kappa shape index (κ1) is 25.5. The fraction of sp³-hybridized carbons (Fsp3) is 0.379. The van der Waals surface area contributed by atoms with E-state index in [-0.39, 0.29) is 24.1 Å². The summed E-state index contributed by atoms with van der Waals surface area (Å²) in [5.74, 6) is 0.596. The summed E-state index contributed by atoms with van der Waals surface area (Å²) in [5.41, 5.74) is 4.14. The number of tetrazole rings is 1. The summed E-state index contributed by atoms with van der Waals surface area (Å²) in [5, 5.41) is 14.2. The molecule has 2 aromatic heterocycles. The fourth-order valence-corrected chi connectivity index (χ4v) is 5.55. The Labute approximate surface area is 220 Å². The Morgan fingerprint density at radius 1 is 1.05 bits per heavy atom. The van der Waals surface area contributed by atoms with Gasteiger partial charge in [-0.15, -0.1) is 5.10 Å². The van der Waals surface area contributed by atoms with Gasteiger partial charge in [0.05, 0.1) is 12.2 Å². The number of hydrogen-bond donors (Lipinski definition) is 1. The van der Waals surface area contributed by atoms with Crippen LogP contribution >= 0.6 is 0 Å². The molecule has 9 heteroatoms. The van der Waals surface area contributed by atoms with Crippen LogP contribution in [-0.2, 0) is 13.0 Å². The van der Waals surface area contributed by atoms with Gasteiger partial charge in [0, 0.05) is 12.0 Å². The Hall–Kier alpha value is -4.14. The van der Waals surface area contributed by atoms with E-state index in [4.69, 9.17) is 0 Å². The predicted octanol–water partition coefficient (Wildman–Crippen LogP) is 4.92. The van der Waals surface area contributed by atoms with Gasteiger partial charge in [-0.1, -0.05) is 81.1 Å². The van der Waals surface area contributed by atoms with Crippen LogP contribution in [0.1, 0.15) is 78.4 Å². The van der Waals surface area contributed by atoms with E-state index in [1.807, 2.05) is 55.5 Å². The van der Waals surface area contributed by atoms with Gasteiger partial charge in [-0.25, -0.2) is 14.5 Å². The molecule has 0 spiro atoms. The topological polar surface area (TPSA) is 116 Å². The van der Waals surface area contributed by atoms with Crippen molar-refractivity contribution in [1.82, 2.24) is 29.8 Å². The van der Waals surface area contributed by atoms with E-state index in [0.717, 1.165) is 58.9 Å². The van der Waals surface area contributed by atoms with Crippen molar-refractivity contribution < 1.29 is 9.59 Å². The molecule has 0 radical (unpaired) electrons. The number of aldehydes is 1. The molecule has 4 aromatic rings. The summed E-state index contributed by atoms with van der Waals surface area (Å²) in [4.78, 5) is 38.9. The molecule has 0 atom stereocenters. The molecule has 1 aliphatic rings. The molecule has 5 rings (SSSR count). The molecule has 0 bridgehead atoms. The van der Waals surface area contributed by atoms with Gasteiger partial charge in [0.15, 0.2) is 12.1 Å². The van der Waals surface area contributed by atoms with E-state index in [2.05, 4.69) is 20.6 Å². The average molecular weight is 513 g/mol. The number of carbonyl (C=O) groups is 2. The minimum absolute atomic E-state index is 0.198. The Balaban J connectivity index is 1.44. The highest BCUT2D eigenvalue weighted by atomic mass is 16.2. The van der Waals surface area contributed by atoms with Gasteiger partial charge in [0.1, 0.15) is 5.69 Å². The monoisotopic (exact) mass is 512 g/mol. The maximum atomic E-state index is 13.5. The molecule has 0 amide bonds. The Morgan fingerprint density at radius 3 is 2.45 bits per heavy atom. The number of hydrogen-bond acceptors (Lipinski definition) is 6. The first-order valence-electron chi connectivity index (χ1n) is 13.4. The van der Waals surface area contributed by atoms with Gasteiger partial charge in [-0.3, -0.25) is 14.2 Å². The van der Waals surface area contributed by atoms with Crippen molar-refractivity contribution in [3.63, 3.8) is 0 Å². The van der Waals surface area contributed by atoms with Crippen LogP contribution in [0.2, 0.25) is 0 Å². The largest absolute Gasteiger partial charge is 0.336 e. The number of aromatic nitrogens is 6. The highest BCUT2D eigenvalue weighted by Gasteiger charge is 2.26. The van der Waals surface area contributed by atoms with Crippen molar-refractivity contribution in [2.75, 3.05) is 0 Å². The predicted molar refractivity (Wildman–Crippen MR) is 144 cm³/mol. The molecule has 0 unspecified atom stereocenters. The van der Waals surface area contributed by atoms with Crippen LogP contribution in [0.4, 0.5) is 0 Å². The number of rotatable bonds is 9. The van der Waals surface area contributed by atoms with Crippen LogP contribution in [0.25, 0.3) is 22.5 Å². The van der Waals surface area contributed by atoms with Gasteiger partial charge in [0.2, 0.25) is 5.91 Å². The van der Waals surface area contributed by atoms with Crippen LogP contribution < -0.4 is 5.69 Å². The van der Waals surface area contributed by atoms with Crippen molar-refractivity contribution in [2.24, 2.45) is 5.92 Å². The second-order valence-corrected chi connectivity index (χ2v) is 10.00. The number of H-pyrrole nitrogens is 1. The van der Waals surface area contributed by atoms with E-state index < -0.39 is 5.69 Å². The molecule has 0 aliphatic heterocycles. The standard InChI is InChI=1S/C29H32N6O3/c1-2-8-25-26(19-36)35(27(37)17-20-9-4-3-5-10-20)29(38)34(25)18-21-13-15-22(16-14-21)23-11-6-7-12-24(23)28-30-32-33-31-28/h6-7,11-16,19-20H,2-5,8-10,17-18H2,1H3,(H,30,31,32,33). The first-order valence-corrected chi connectivity index (χ1v) is 13.4. The Bertz CT molecular complexity index is 1460. The second-order valence-electron chi connectivity index (χ2n) is 10.00. The minimum atomic E-state index is -0.427. The lowest BCUT2D eigenvalue weighted by atomic mass is 9.87. The second kappa shape index (κ2) is 11.5. The molecule has 1 fully saturated rings. The summed E-state index contributed by atoms with van der Waals surface area (Å²) in [7, 11) is 0. The molecular weight excluding hydrogens is 480 g/mol. The van der Waals surface area contributed by atoms with E-state index in [1.54, 1.807) is 4.57 Å². The van der Waals surface area contributed by atoms with Gasteiger partial charge in [-0.05, 0) is 52.3 Å². The quantitative estimate of drug-likeness (QED) is 0.318. The van der Waals surface area contributed by atoms with Crippen LogP contribution in [0.3, 0.4) is 0 Å². The highest BCUT2D eigenvalue weighted by molar-refractivity contribution is 5.87. The molecule has 9 nitrogen and oxygen atoms in total. The van der Waals surface area contributed by atoms with Crippen molar-refractivity contribution >= 4 is 12.2 Å². The zero-order valence-electron chi connectivity index (χ0n) is 21.6. The summed E-state index contributed by atoms with van der Waals surface area (Å²) in [6, 6.07) is 15.8. The van der Waals surface area contributed by atoms with E-state index >= 15 is 0 Å². The molecule has 1 N–H and O–H groups in total. The van der Waals surface area contributed by atoms with Crippen molar-refractivity contribution in [1.29, 1.82) is 0 Å². The average Bonchev–Trinajstić information content (AvgIpc) is 3.57. The van der Waals surface area contributed by atoms with E-state index in [1.165, 1.54) is 6.42 Å². The minimum Gasteiger partial charge on any atom is -0.296 e.